The number of aromatic nitrogens is 2. The summed E-state index contributed by atoms with van der Waals surface area (Å²) in [4.78, 5) is 10.9. The lowest BCUT2D eigenvalue weighted by Crippen LogP contribution is -2.46. The molecule has 2 aliphatic rings. The van der Waals surface area contributed by atoms with E-state index >= 15 is 0 Å². The van der Waals surface area contributed by atoms with Gasteiger partial charge in [0.05, 0.1) is 12.6 Å². The van der Waals surface area contributed by atoms with Crippen LogP contribution in [0.4, 0.5) is 0 Å². The molecular weight excluding hydrogens is 408 g/mol. The van der Waals surface area contributed by atoms with Crippen molar-refractivity contribution in [2.24, 2.45) is 0 Å². The zero-order valence-corrected chi connectivity index (χ0v) is 17.2. The third-order valence-electron chi connectivity index (χ3n) is 5.29. The highest BCUT2D eigenvalue weighted by Gasteiger charge is 2.47. The van der Waals surface area contributed by atoms with Crippen LogP contribution in [-0.4, -0.2) is 52.8 Å². The summed E-state index contributed by atoms with van der Waals surface area (Å²) in [6.45, 7) is 2.20. The van der Waals surface area contributed by atoms with Crippen molar-refractivity contribution in [1.82, 2.24) is 19.2 Å². The molecule has 2 aliphatic heterocycles. The Morgan fingerprint density at radius 2 is 1.90 bits per heavy atom. The van der Waals surface area contributed by atoms with Gasteiger partial charge < -0.3 is 4.74 Å². The van der Waals surface area contributed by atoms with Gasteiger partial charge in [0.15, 0.2) is 0 Å². The Balaban J connectivity index is 1.52. The normalized spacial score (nSPS) is 23.7. The van der Waals surface area contributed by atoms with Crippen LogP contribution < -0.4 is 4.74 Å². The van der Waals surface area contributed by atoms with Gasteiger partial charge in [0.25, 0.3) is 0 Å². The van der Waals surface area contributed by atoms with Crippen LogP contribution in [0.2, 0.25) is 0 Å². The number of hydrogen-bond donors (Lipinski definition) is 0. The van der Waals surface area contributed by atoms with Crippen molar-refractivity contribution in [3.8, 4) is 5.88 Å². The van der Waals surface area contributed by atoms with Gasteiger partial charge in [-0.3, -0.25) is 4.90 Å². The summed E-state index contributed by atoms with van der Waals surface area (Å²) in [6.07, 6.45) is 3.07. The van der Waals surface area contributed by atoms with Crippen LogP contribution >= 0.6 is 11.3 Å². The van der Waals surface area contributed by atoms with Gasteiger partial charge in [0.2, 0.25) is 15.9 Å². The molecule has 7 nitrogen and oxygen atoms in total. The molecule has 1 aromatic carbocycles. The van der Waals surface area contributed by atoms with Crippen LogP contribution in [0.5, 0.6) is 5.88 Å². The van der Waals surface area contributed by atoms with Crippen molar-refractivity contribution in [3.05, 3.63) is 70.8 Å². The lowest BCUT2D eigenvalue weighted by atomic mass is 10.1. The van der Waals surface area contributed by atoms with E-state index < -0.39 is 10.0 Å². The third-order valence-corrected chi connectivity index (χ3v) is 7.94. The van der Waals surface area contributed by atoms with Gasteiger partial charge >= 0.3 is 0 Å². The van der Waals surface area contributed by atoms with Crippen molar-refractivity contribution >= 4 is 21.4 Å². The van der Waals surface area contributed by atoms with Gasteiger partial charge in [-0.2, -0.15) is 4.31 Å². The summed E-state index contributed by atoms with van der Waals surface area (Å²) in [5, 5.41) is 2.96. The Kier molecular flexibility index (Phi) is 4.83. The number of likely N-dealkylation sites (tertiary alicyclic amines) is 1. The number of thiazole rings is 1. The average Bonchev–Trinajstić information content (AvgIpc) is 3.36. The van der Waals surface area contributed by atoms with Crippen molar-refractivity contribution in [1.29, 1.82) is 0 Å². The molecule has 2 aromatic heterocycles. The first-order valence-electron chi connectivity index (χ1n) is 9.39. The van der Waals surface area contributed by atoms with Crippen LogP contribution in [0.25, 0.3) is 0 Å². The molecule has 0 N–H and O–H groups in total. The van der Waals surface area contributed by atoms with Crippen molar-refractivity contribution < 1.29 is 13.2 Å². The Hall–Kier alpha value is -2.33. The highest BCUT2D eigenvalue weighted by atomic mass is 32.2. The molecule has 1 fully saturated rings. The molecule has 9 heteroatoms. The molecule has 2 atom stereocenters. The number of hydrogen-bond acceptors (Lipinski definition) is 7. The van der Waals surface area contributed by atoms with E-state index in [-0.39, 0.29) is 22.9 Å². The molecule has 4 heterocycles. The minimum absolute atomic E-state index is 0.136. The molecule has 0 bridgehead atoms. The zero-order valence-electron chi connectivity index (χ0n) is 15.6. The largest absolute Gasteiger partial charge is 0.470 e. The van der Waals surface area contributed by atoms with E-state index in [0.29, 0.717) is 26.2 Å². The van der Waals surface area contributed by atoms with Gasteiger partial charge in [-0.05, 0) is 17.7 Å². The number of benzene rings is 1. The topological polar surface area (TPSA) is 75.6 Å². The van der Waals surface area contributed by atoms with Crippen molar-refractivity contribution in [2.45, 2.75) is 30.1 Å². The van der Waals surface area contributed by atoms with Crippen molar-refractivity contribution in [2.75, 3.05) is 13.1 Å². The highest BCUT2D eigenvalue weighted by Crippen LogP contribution is 2.36. The molecule has 5 rings (SSSR count). The van der Waals surface area contributed by atoms with E-state index in [1.807, 2.05) is 35.7 Å². The third kappa shape index (κ3) is 3.55. The van der Waals surface area contributed by atoms with Gasteiger partial charge in [-0.25, -0.2) is 18.4 Å². The number of pyridine rings is 1. The van der Waals surface area contributed by atoms with Gasteiger partial charge in [0, 0.05) is 37.4 Å². The maximum absolute atomic E-state index is 13.6. The van der Waals surface area contributed by atoms with Gasteiger partial charge in [0.1, 0.15) is 16.0 Å². The summed E-state index contributed by atoms with van der Waals surface area (Å²) < 4.78 is 34.9. The van der Waals surface area contributed by atoms with Crippen LogP contribution in [0.15, 0.2) is 65.1 Å². The monoisotopic (exact) mass is 428 g/mol. The molecule has 0 amide bonds. The fourth-order valence-corrected chi connectivity index (χ4v) is 6.31. The minimum Gasteiger partial charge on any atom is -0.470 e. The fourth-order valence-electron chi connectivity index (χ4n) is 3.95. The highest BCUT2D eigenvalue weighted by molar-refractivity contribution is 7.89. The molecule has 150 valence electrons. The predicted octanol–water partition coefficient (Wildman–Crippen LogP) is 2.37. The smallest absolute Gasteiger partial charge is 0.249 e. The number of fused-ring (bicyclic) bond motifs is 2. The summed E-state index contributed by atoms with van der Waals surface area (Å²) in [5.41, 5.74) is 0.945. The van der Waals surface area contributed by atoms with E-state index in [1.54, 1.807) is 40.2 Å². The fraction of sp³-hybridized carbons (Fsp3) is 0.300. The van der Waals surface area contributed by atoms with E-state index in [1.165, 1.54) is 0 Å². The standard InChI is InChI=1S/C20H20N4O3S2/c25-29(26)18-7-4-8-22-20(18)27-17-13-23(14-19-21-9-10-28-19)12-16(17)24(29)11-15-5-2-1-3-6-15/h1-10,16-17H,11-14H2/t16-,17-/m0/s1. The summed E-state index contributed by atoms with van der Waals surface area (Å²) in [5.74, 6) is 0.189. The van der Waals surface area contributed by atoms with Crippen LogP contribution in [0, 0.1) is 0 Å². The van der Waals surface area contributed by atoms with Crippen molar-refractivity contribution in [3.63, 3.8) is 0 Å². The Bertz CT molecular complexity index is 1090. The first kappa shape index (κ1) is 18.7. The second-order valence-electron chi connectivity index (χ2n) is 7.19. The Morgan fingerprint density at radius 3 is 2.69 bits per heavy atom. The zero-order chi connectivity index (χ0) is 19.8. The van der Waals surface area contributed by atoms with Gasteiger partial charge in [-0.15, -0.1) is 11.3 Å². The molecule has 29 heavy (non-hydrogen) atoms. The maximum Gasteiger partial charge on any atom is 0.249 e. The van der Waals surface area contributed by atoms with E-state index in [9.17, 15) is 8.42 Å². The SMILES string of the molecule is O=S1(=O)c2cccnc2O[C@H]2CN(Cc3nccs3)C[C@@H]2N1Cc1ccccc1. The molecule has 0 saturated carbocycles. The Labute approximate surface area is 173 Å². The molecular formula is C20H20N4O3S2. The molecule has 3 aromatic rings. The lowest BCUT2D eigenvalue weighted by molar-refractivity contribution is 0.144. The average molecular weight is 429 g/mol. The Morgan fingerprint density at radius 1 is 1.03 bits per heavy atom. The maximum atomic E-state index is 13.6. The molecule has 0 aliphatic carbocycles. The molecule has 1 saturated heterocycles. The number of sulfonamides is 1. The van der Waals surface area contributed by atoms with E-state index in [2.05, 4.69) is 14.9 Å². The van der Waals surface area contributed by atoms with Crippen LogP contribution in [0.1, 0.15) is 10.6 Å². The molecule has 0 radical (unpaired) electrons. The molecule has 0 spiro atoms. The van der Waals surface area contributed by atoms with Gasteiger partial charge in [-0.1, -0.05) is 30.3 Å². The predicted molar refractivity (Wildman–Crippen MR) is 109 cm³/mol. The van der Waals surface area contributed by atoms with Crippen LogP contribution in [0.3, 0.4) is 0 Å². The van der Waals surface area contributed by atoms with Crippen LogP contribution in [-0.2, 0) is 23.1 Å². The van der Waals surface area contributed by atoms with E-state index in [4.69, 9.17) is 4.74 Å². The first-order chi connectivity index (χ1) is 14.1. The summed E-state index contributed by atoms with van der Waals surface area (Å²) >= 11 is 1.60. The second kappa shape index (κ2) is 7.49. The summed E-state index contributed by atoms with van der Waals surface area (Å²) in [7, 11) is -3.75. The molecule has 0 unspecified atom stereocenters. The number of ether oxygens (including phenoxy) is 1. The minimum atomic E-state index is -3.75. The lowest BCUT2D eigenvalue weighted by Gasteiger charge is -2.28. The van der Waals surface area contributed by atoms with E-state index in [0.717, 1.165) is 10.6 Å². The first-order valence-corrected chi connectivity index (χ1v) is 11.7. The number of rotatable bonds is 4. The quantitative estimate of drug-likeness (QED) is 0.635. The number of nitrogens with zero attached hydrogens (tertiary/aromatic N) is 4. The second-order valence-corrected chi connectivity index (χ2v) is 10.0. The summed E-state index contributed by atoms with van der Waals surface area (Å²) in [6, 6.07) is 12.6.